The van der Waals surface area contributed by atoms with Gasteiger partial charge in [-0.05, 0) is 23.8 Å². The van der Waals surface area contributed by atoms with Crippen molar-refractivity contribution < 1.29 is 13.5 Å². The minimum Gasteiger partial charge on any atom is -0.495 e. The minimum atomic E-state index is -0.664. The molecule has 1 aromatic heterocycles. The van der Waals surface area contributed by atoms with Gasteiger partial charge in [-0.2, -0.15) is 0 Å². The first-order valence-electron chi connectivity index (χ1n) is 5.55. The second-order valence-electron chi connectivity index (χ2n) is 3.92. The van der Waals surface area contributed by atoms with Crippen LogP contribution in [0.25, 0.3) is 0 Å². The van der Waals surface area contributed by atoms with E-state index >= 15 is 0 Å². The van der Waals surface area contributed by atoms with Crippen LogP contribution in [0.3, 0.4) is 0 Å². The molecule has 0 aliphatic heterocycles. The van der Waals surface area contributed by atoms with Crippen LogP contribution in [-0.2, 0) is 0 Å². The van der Waals surface area contributed by atoms with E-state index in [4.69, 9.17) is 10.6 Å². The normalized spacial score (nSPS) is 12.2. The molecule has 0 saturated heterocycles. The maximum absolute atomic E-state index is 13.3. The Labute approximate surface area is 109 Å². The van der Waals surface area contributed by atoms with Gasteiger partial charge in [0.05, 0.1) is 19.3 Å². The van der Waals surface area contributed by atoms with Gasteiger partial charge in [0.2, 0.25) is 0 Å². The van der Waals surface area contributed by atoms with Crippen LogP contribution in [0, 0.1) is 11.6 Å². The molecule has 0 bridgehead atoms. The molecule has 0 aliphatic carbocycles. The smallest absolute Gasteiger partial charge is 0.142 e. The lowest BCUT2D eigenvalue weighted by atomic mass is 9.99. The molecule has 1 atom stereocenters. The van der Waals surface area contributed by atoms with E-state index in [-0.39, 0.29) is 0 Å². The standard InChI is InChI=1S/C13H13F2N3O/c1-19-12-7-17-3-2-11(12)13(18-16)8-4-9(14)6-10(15)5-8/h2-7,13,18H,16H2,1H3. The lowest BCUT2D eigenvalue weighted by Gasteiger charge is -2.19. The minimum absolute atomic E-state index is 0.365. The predicted octanol–water partition coefficient (Wildman–Crippen LogP) is 1.92. The number of methoxy groups -OCH3 is 1. The highest BCUT2D eigenvalue weighted by molar-refractivity contribution is 5.39. The van der Waals surface area contributed by atoms with Crippen molar-refractivity contribution >= 4 is 0 Å². The number of nitrogens with one attached hydrogen (secondary N) is 1. The van der Waals surface area contributed by atoms with E-state index in [2.05, 4.69) is 10.4 Å². The van der Waals surface area contributed by atoms with Crippen molar-refractivity contribution in [2.24, 2.45) is 5.84 Å². The van der Waals surface area contributed by atoms with E-state index in [0.717, 1.165) is 6.07 Å². The number of rotatable bonds is 4. The van der Waals surface area contributed by atoms with Crippen LogP contribution in [0.15, 0.2) is 36.7 Å². The van der Waals surface area contributed by atoms with Gasteiger partial charge in [0.15, 0.2) is 0 Å². The first kappa shape index (κ1) is 13.4. The van der Waals surface area contributed by atoms with Gasteiger partial charge >= 0.3 is 0 Å². The summed E-state index contributed by atoms with van der Waals surface area (Å²) in [6.45, 7) is 0. The van der Waals surface area contributed by atoms with E-state index < -0.39 is 17.7 Å². The molecule has 3 N–H and O–H groups in total. The Hall–Kier alpha value is -2.05. The molecule has 0 radical (unpaired) electrons. The van der Waals surface area contributed by atoms with E-state index in [1.54, 1.807) is 12.3 Å². The van der Waals surface area contributed by atoms with E-state index in [0.29, 0.717) is 16.9 Å². The molecule has 0 aliphatic rings. The van der Waals surface area contributed by atoms with Crippen LogP contribution >= 0.6 is 0 Å². The summed E-state index contributed by atoms with van der Waals surface area (Å²) in [6.07, 6.45) is 3.06. The van der Waals surface area contributed by atoms with Crippen molar-refractivity contribution in [1.82, 2.24) is 10.4 Å². The van der Waals surface area contributed by atoms with Crippen molar-refractivity contribution in [3.8, 4) is 5.75 Å². The Kier molecular flexibility index (Phi) is 4.03. The summed E-state index contributed by atoms with van der Waals surface area (Å²) < 4.78 is 31.7. The zero-order valence-electron chi connectivity index (χ0n) is 10.2. The van der Waals surface area contributed by atoms with Crippen LogP contribution in [-0.4, -0.2) is 12.1 Å². The monoisotopic (exact) mass is 265 g/mol. The fourth-order valence-electron chi connectivity index (χ4n) is 1.91. The van der Waals surface area contributed by atoms with Crippen molar-refractivity contribution in [1.29, 1.82) is 0 Å². The average molecular weight is 265 g/mol. The molecule has 0 fully saturated rings. The molecular weight excluding hydrogens is 252 g/mol. The Morgan fingerprint density at radius 1 is 1.26 bits per heavy atom. The zero-order valence-corrected chi connectivity index (χ0v) is 10.2. The van der Waals surface area contributed by atoms with E-state index in [1.807, 2.05) is 0 Å². The molecule has 0 spiro atoms. The SMILES string of the molecule is COc1cnccc1C(NN)c1cc(F)cc(F)c1. The molecule has 2 aromatic rings. The summed E-state index contributed by atoms with van der Waals surface area (Å²) in [5.41, 5.74) is 3.53. The van der Waals surface area contributed by atoms with Crippen molar-refractivity contribution in [2.75, 3.05) is 7.11 Å². The first-order valence-corrected chi connectivity index (χ1v) is 5.55. The third kappa shape index (κ3) is 2.86. The Balaban J connectivity index is 2.49. The van der Waals surface area contributed by atoms with Gasteiger partial charge in [0.25, 0.3) is 0 Å². The molecule has 4 nitrogen and oxygen atoms in total. The van der Waals surface area contributed by atoms with Crippen molar-refractivity contribution in [2.45, 2.75) is 6.04 Å². The van der Waals surface area contributed by atoms with Crippen LogP contribution in [0.4, 0.5) is 8.78 Å². The number of halogens is 2. The highest BCUT2D eigenvalue weighted by Crippen LogP contribution is 2.29. The van der Waals surface area contributed by atoms with Crippen LogP contribution in [0.2, 0.25) is 0 Å². The quantitative estimate of drug-likeness (QED) is 0.655. The fourth-order valence-corrected chi connectivity index (χ4v) is 1.91. The number of hydrogen-bond donors (Lipinski definition) is 2. The van der Waals surface area contributed by atoms with Gasteiger partial charge in [-0.1, -0.05) is 0 Å². The molecule has 19 heavy (non-hydrogen) atoms. The Bertz CT molecular complexity index is 557. The largest absolute Gasteiger partial charge is 0.495 e. The van der Waals surface area contributed by atoms with Crippen LogP contribution in [0.1, 0.15) is 17.2 Å². The lowest BCUT2D eigenvalue weighted by Crippen LogP contribution is -2.29. The number of hydrazine groups is 1. The molecule has 0 saturated carbocycles. The molecule has 2 rings (SSSR count). The zero-order chi connectivity index (χ0) is 13.8. The molecule has 0 amide bonds. The molecular formula is C13H13F2N3O. The fraction of sp³-hybridized carbons (Fsp3) is 0.154. The van der Waals surface area contributed by atoms with E-state index in [1.165, 1.54) is 25.4 Å². The molecule has 6 heteroatoms. The molecule has 1 heterocycles. The van der Waals surface area contributed by atoms with Crippen LogP contribution in [0.5, 0.6) is 5.75 Å². The molecule has 1 unspecified atom stereocenters. The number of nitrogens with two attached hydrogens (primary N) is 1. The third-order valence-electron chi connectivity index (χ3n) is 2.73. The van der Waals surface area contributed by atoms with E-state index in [9.17, 15) is 8.78 Å². The number of nitrogens with zero attached hydrogens (tertiary/aromatic N) is 1. The maximum Gasteiger partial charge on any atom is 0.142 e. The number of ether oxygens (including phenoxy) is 1. The first-order chi connectivity index (χ1) is 9.15. The second kappa shape index (κ2) is 5.73. The summed E-state index contributed by atoms with van der Waals surface area (Å²) in [7, 11) is 1.49. The number of benzene rings is 1. The summed E-state index contributed by atoms with van der Waals surface area (Å²) in [5, 5.41) is 0. The Morgan fingerprint density at radius 3 is 2.53 bits per heavy atom. The molecule has 1 aromatic carbocycles. The van der Waals surface area contributed by atoms with Gasteiger partial charge < -0.3 is 4.74 Å². The number of aromatic nitrogens is 1. The van der Waals surface area contributed by atoms with Gasteiger partial charge in [0.1, 0.15) is 17.4 Å². The highest BCUT2D eigenvalue weighted by atomic mass is 19.1. The summed E-state index contributed by atoms with van der Waals surface area (Å²) in [5.74, 6) is 4.64. The average Bonchev–Trinajstić information content (AvgIpc) is 2.39. The van der Waals surface area contributed by atoms with Gasteiger partial charge in [-0.15, -0.1) is 0 Å². The summed E-state index contributed by atoms with van der Waals surface area (Å²) in [6, 6.07) is 4.32. The maximum atomic E-state index is 13.3. The van der Waals surface area contributed by atoms with Crippen molar-refractivity contribution in [3.63, 3.8) is 0 Å². The predicted molar refractivity (Wildman–Crippen MR) is 66.3 cm³/mol. The number of pyridine rings is 1. The second-order valence-corrected chi connectivity index (χ2v) is 3.92. The highest BCUT2D eigenvalue weighted by Gasteiger charge is 2.18. The topological polar surface area (TPSA) is 60.2 Å². The van der Waals surface area contributed by atoms with Crippen LogP contribution < -0.4 is 16.0 Å². The summed E-state index contributed by atoms with van der Waals surface area (Å²) >= 11 is 0. The van der Waals surface area contributed by atoms with Gasteiger partial charge in [0, 0.05) is 17.8 Å². The van der Waals surface area contributed by atoms with Gasteiger partial charge in [-0.25, -0.2) is 14.2 Å². The lowest BCUT2D eigenvalue weighted by molar-refractivity contribution is 0.402. The van der Waals surface area contributed by atoms with Crippen molar-refractivity contribution in [3.05, 3.63) is 59.4 Å². The molecule has 100 valence electrons. The Morgan fingerprint density at radius 2 is 1.95 bits per heavy atom. The third-order valence-corrected chi connectivity index (χ3v) is 2.73. The van der Waals surface area contributed by atoms with Gasteiger partial charge in [-0.3, -0.25) is 10.8 Å². The number of hydrogen-bond acceptors (Lipinski definition) is 4. The summed E-state index contributed by atoms with van der Waals surface area (Å²) in [4.78, 5) is 3.92.